The second kappa shape index (κ2) is 9.10. The molecule has 0 radical (unpaired) electrons. The molecule has 3 aliphatic rings. The first-order valence-electron chi connectivity index (χ1n) is 12.1. The lowest BCUT2D eigenvalue weighted by Gasteiger charge is -2.27. The van der Waals surface area contributed by atoms with Crippen molar-refractivity contribution in [2.45, 2.75) is 44.9 Å². The van der Waals surface area contributed by atoms with Crippen LogP contribution < -0.4 is 19.9 Å². The highest BCUT2D eigenvalue weighted by atomic mass is 16.6. The fraction of sp³-hybridized carbons (Fsp3) is 0.423. The van der Waals surface area contributed by atoms with E-state index in [9.17, 15) is 4.79 Å². The summed E-state index contributed by atoms with van der Waals surface area (Å²) in [5.41, 5.74) is 4.27. The lowest BCUT2D eigenvalue weighted by Crippen LogP contribution is -2.35. The monoisotopic (exact) mass is 460 g/mol. The molecule has 3 aromatic rings. The zero-order valence-corrected chi connectivity index (χ0v) is 19.1. The summed E-state index contributed by atoms with van der Waals surface area (Å²) in [7, 11) is 0. The Labute approximate surface area is 198 Å². The average molecular weight is 461 g/mol. The second-order valence-corrected chi connectivity index (χ2v) is 9.16. The van der Waals surface area contributed by atoms with Crippen LogP contribution in [0.1, 0.15) is 30.4 Å². The van der Waals surface area contributed by atoms with Gasteiger partial charge in [-0.25, -0.2) is 9.78 Å². The van der Waals surface area contributed by atoms with Gasteiger partial charge >= 0.3 is 5.69 Å². The van der Waals surface area contributed by atoms with Gasteiger partial charge in [-0.15, -0.1) is 0 Å². The van der Waals surface area contributed by atoms with E-state index in [0.717, 1.165) is 24.2 Å². The Morgan fingerprint density at radius 3 is 2.91 bits per heavy atom. The Morgan fingerprint density at radius 1 is 1.09 bits per heavy atom. The maximum atomic E-state index is 12.7. The van der Waals surface area contributed by atoms with E-state index in [2.05, 4.69) is 33.1 Å². The van der Waals surface area contributed by atoms with Crippen molar-refractivity contribution in [3.63, 3.8) is 0 Å². The fourth-order valence-electron chi connectivity index (χ4n) is 5.03. The molecule has 0 saturated carbocycles. The Hall–Kier alpha value is -3.39. The highest BCUT2D eigenvalue weighted by molar-refractivity contribution is 5.67. The standard InChI is InChI=1S/C26H28N4O4/c31-26-28-24(32-16-20-17-33-25-23(34-20)5-4-9-27-25)14-22-21-7-6-18(13-19(21)8-12-30(22)26)15-29-10-2-1-3-11-29/h4-7,9,13-14,20H,1-3,8,10-12,15-17H2. The largest absolute Gasteiger partial charge is 0.478 e. The van der Waals surface area contributed by atoms with Crippen LogP contribution >= 0.6 is 0 Å². The molecule has 8 nitrogen and oxygen atoms in total. The SMILES string of the molecule is O=c1nc(OCC2COc3ncccc3O2)cc2n1CCc1cc(CN3CCCCC3)ccc1-2. The number of hydrogen-bond acceptors (Lipinski definition) is 7. The summed E-state index contributed by atoms with van der Waals surface area (Å²) in [4.78, 5) is 23.6. The maximum Gasteiger partial charge on any atom is 0.351 e. The third-order valence-electron chi connectivity index (χ3n) is 6.75. The van der Waals surface area contributed by atoms with Crippen LogP contribution in [0.2, 0.25) is 0 Å². The van der Waals surface area contributed by atoms with Gasteiger partial charge in [0, 0.05) is 30.9 Å². The van der Waals surface area contributed by atoms with E-state index in [1.807, 2.05) is 12.1 Å². The molecule has 34 heavy (non-hydrogen) atoms. The van der Waals surface area contributed by atoms with Gasteiger partial charge < -0.3 is 14.2 Å². The molecule has 1 fully saturated rings. The predicted octanol–water partition coefficient (Wildman–Crippen LogP) is 3.07. The second-order valence-electron chi connectivity index (χ2n) is 9.16. The van der Waals surface area contributed by atoms with E-state index >= 15 is 0 Å². The average Bonchev–Trinajstić information content (AvgIpc) is 2.87. The molecule has 1 unspecified atom stereocenters. The summed E-state index contributed by atoms with van der Waals surface area (Å²) >= 11 is 0. The molecule has 1 atom stereocenters. The summed E-state index contributed by atoms with van der Waals surface area (Å²) in [5.74, 6) is 1.39. The Bertz CT molecular complexity index is 1250. The maximum absolute atomic E-state index is 12.7. The summed E-state index contributed by atoms with van der Waals surface area (Å²) in [6.45, 7) is 4.54. The van der Waals surface area contributed by atoms with E-state index in [-0.39, 0.29) is 18.4 Å². The molecular formula is C26H28N4O4. The van der Waals surface area contributed by atoms with E-state index in [1.165, 1.54) is 43.5 Å². The highest BCUT2D eigenvalue weighted by Crippen LogP contribution is 2.32. The molecule has 0 amide bonds. The Morgan fingerprint density at radius 2 is 2.00 bits per heavy atom. The van der Waals surface area contributed by atoms with Gasteiger partial charge in [-0.3, -0.25) is 9.47 Å². The van der Waals surface area contributed by atoms with E-state index in [4.69, 9.17) is 14.2 Å². The molecule has 0 N–H and O–H groups in total. The van der Waals surface area contributed by atoms with Gasteiger partial charge in [0.05, 0.1) is 5.69 Å². The van der Waals surface area contributed by atoms with E-state index in [0.29, 0.717) is 30.7 Å². The molecule has 2 aromatic heterocycles. The normalized spacial score (nSPS) is 19.2. The van der Waals surface area contributed by atoms with Crippen LogP contribution in [0.4, 0.5) is 0 Å². The van der Waals surface area contributed by atoms with Crippen LogP contribution in [0, 0.1) is 0 Å². The molecule has 176 valence electrons. The van der Waals surface area contributed by atoms with Crippen LogP contribution in [0.3, 0.4) is 0 Å². The van der Waals surface area contributed by atoms with Gasteiger partial charge in [0.1, 0.15) is 13.2 Å². The minimum Gasteiger partial charge on any atom is -0.478 e. The van der Waals surface area contributed by atoms with Crippen LogP contribution in [-0.4, -0.2) is 51.8 Å². The molecule has 6 rings (SSSR count). The zero-order valence-electron chi connectivity index (χ0n) is 19.1. The van der Waals surface area contributed by atoms with E-state index in [1.54, 1.807) is 16.8 Å². The van der Waals surface area contributed by atoms with Gasteiger partial charge in [-0.2, -0.15) is 4.98 Å². The molecule has 5 heterocycles. The molecule has 0 spiro atoms. The molecule has 1 saturated heterocycles. The predicted molar refractivity (Wildman–Crippen MR) is 126 cm³/mol. The smallest absolute Gasteiger partial charge is 0.351 e. The summed E-state index contributed by atoms with van der Waals surface area (Å²) in [5, 5.41) is 0. The number of nitrogens with zero attached hydrogens (tertiary/aromatic N) is 4. The van der Waals surface area contributed by atoms with Crippen molar-refractivity contribution in [3.05, 3.63) is 64.2 Å². The first-order valence-corrected chi connectivity index (χ1v) is 12.1. The van der Waals surface area contributed by atoms with Crippen molar-refractivity contribution in [2.24, 2.45) is 0 Å². The molecular weight excluding hydrogens is 432 g/mol. The number of pyridine rings is 1. The van der Waals surface area contributed by atoms with Gasteiger partial charge in [-0.1, -0.05) is 24.6 Å². The number of likely N-dealkylation sites (tertiary alicyclic amines) is 1. The Balaban J connectivity index is 1.19. The number of hydrogen-bond donors (Lipinski definition) is 0. The minimum absolute atomic E-state index is 0.228. The van der Waals surface area contributed by atoms with Gasteiger partial charge in [0.15, 0.2) is 11.9 Å². The van der Waals surface area contributed by atoms with Crippen LogP contribution in [0.5, 0.6) is 17.5 Å². The van der Waals surface area contributed by atoms with E-state index < -0.39 is 0 Å². The van der Waals surface area contributed by atoms with Crippen molar-refractivity contribution in [1.82, 2.24) is 19.4 Å². The lowest BCUT2D eigenvalue weighted by molar-refractivity contribution is 0.0486. The number of ether oxygens (including phenoxy) is 3. The summed E-state index contributed by atoms with van der Waals surface area (Å²) in [6, 6.07) is 12.1. The van der Waals surface area contributed by atoms with Gasteiger partial charge in [0.25, 0.3) is 5.88 Å². The third-order valence-corrected chi connectivity index (χ3v) is 6.75. The minimum atomic E-state index is -0.304. The summed E-state index contributed by atoms with van der Waals surface area (Å²) < 4.78 is 19.2. The highest BCUT2D eigenvalue weighted by Gasteiger charge is 2.24. The van der Waals surface area contributed by atoms with Crippen molar-refractivity contribution >= 4 is 0 Å². The number of rotatable bonds is 5. The van der Waals surface area contributed by atoms with Crippen molar-refractivity contribution < 1.29 is 14.2 Å². The Kier molecular flexibility index (Phi) is 5.66. The molecule has 8 heteroatoms. The topological polar surface area (TPSA) is 78.7 Å². The van der Waals surface area contributed by atoms with Crippen molar-refractivity contribution in [3.8, 4) is 28.8 Å². The number of benzene rings is 1. The number of aryl methyl sites for hydroxylation is 1. The molecule has 3 aliphatic heterocycles. The number of piperidine rings is 1. The fourth-order valence-corrected chi connectivity index (χ4v) is 5.03. The van der Waals surface area contributed by atoms with Crippen molar-refractivity contribution in [1.29, 1.82) is 0 Å². The summed E-state index contributed by atoms with van der Waals surface area (Å²) in [6.07, 6.45) is 6.12. The first-order chi connectivity index (χ1) is 16.7. The van der Waals surface area contributed by atoms with Crippen molar-refractivity contribution in [2.75, 3.05) is 26.3 Å². The van der Waals surface area contributed by atoms with Crippen LogP contribution in [0.25, 0.3) is 11.3 Å². The van der Waals surface area contributed by atoms with Crippen LogP contribution in [0.15, 0.2) is 47.4 Å². The number of fused-ring (bicyclic) bond motifs is 4. The van der Waals surface area contributed by atoms with Gasteiger partial charge in [-0.05, 0) is 55.6 Å². The molecule has 1 aromatic carbocycles. The molecule has 0 aliphatic carbocycles. The molecule has 0 bridgehead atoms. The quantitative estimate of drug-likeness (QED) is 0.579. The zero-order chi connectivity index (χ0) is 22.9. The first kappa shape index (κ1) is 21.2. The van der Waals surface area contributed by atoms with Crippen LogP contribution in [-0.2, 0) is 19.5 Å². The number of aromatic nitrogens is 3. The lowest BCUT2D eigenvalue weighted by atomic mass is 9.95. The third kappa shape index (κ3) is 4.25. The van der Waals surface area contributed by atoms with Gasteiger partial charge in [0.2, 0.25) is 5.88 Å².